The first kappa shape index (κ1) is 18.3. The Bertz CT molecular complexity index is 861. The Morgan fingerprint density at radius 1 is 1.24 bits per heavy atom. The first-order valence-electron chi connectivity index (χ1n) is 7.74. The number of halogens is 1. The lowest BCUT2D eigenvalue weighted by Gasteiger charge is -2.12. The molecule has 0 radical (unpaired) electrons. The van der Waals surface area contributed by atoms with Crippen LogP contribution in [-0.2, 0) is 4.79 Å². The first-order valence-corrected chi connectivity index (χ1v) is 7.74. The van der Waals surface area contributed by atoms with Crippen molar-refractivity contribution in [3.05, 3.63) is 57.8 Å². The molecule has 2 rings (SSSR count). The number of hydrogen-bond donors (Lipinski definition) is 2. The molecule has 2 N–H and O–H groups in total. The molecule has 2 aromatic rings. The van der Waals surface area contributed by atoms with Crippen LogP contribution >= 0.6 is 0 Å². The maximum atomic E-state index is 14.0. The second kappa shape index (κ2) is 7.69. The highest BCUT2D eigenvalue weighted by molar-refractivity contribution is 5.93. The number of para-hydroxylation sites is 1. The molecule has 0 unspecified atom stereocenters. The van der Waals surface area contributed by atoms with Crippen molar-refractivity contribution in [2.75, 3.05) is 0 Å². The summed E-state index contributed by atoms with van der Waals surface area (Å²) in [7, 11) is 0. The summed E-state index contributed by atoms with van der Waals surface area (Å²) in [5, 5.41) is 3.94. The zero-order valence-electron chi connectivity index (χ0n) is 14.2. The molecule has 0 atom stereocenters. The highest BCUT2D eigenvalue weighted by Crippen LogP contribution is 2.13. The van der Waals surface area contributed by atoms with Crippen molar-refractivity contribution in [2.45, 2.75) is 27.2 Å². The van der Waals surface area contributed by atoms with E-state index in [-0.39, 0.29) is 23.9 Å². The van der Waals surface area contributed by atoms with E-state index in [9.17, 15) is 18.8 Å². The van der Waals surface area contributed by atoms with Crippen LogP contribution in [0.25, 0.3) is 5.69 Å². The van der Waals surface area contributed by atoms with Crippen LogP contribution in [-0.4, -0.2) is 21.6 Å². The number of aryl methyl sites for hydroxylation is 1. The lowest BCUT2D eigenvalue weighted by molar-refractivity contribution is -0.122. The minimum atomic E-state index is -0.868. The number of nitrogens with zero attached hydrogens (tertiary/aromatic N) is 2. The van der Waals surface area contributed by atoms with Crippen molar-refractivity contribution in [1.29, 1.82) is 0 Å². The molecule has 0 aliphatic rings. The summed E-state index contributed by atoms with van der Waals surface area (Å²) >= 11 is 0. The zero-order chi connectivity index (χ0) is 18.6. The van der Waals surface area contributed by atoms with E-state index < -0.39 is 22.8 Å². The molecule has 0 saturated heterocycles. The van der Waals surface area contributed by atoms with Gasteiger partial charge in [0.25, 0.3) is 5.91 Å². The molecule has 1 aromatic heterocycles. The largest absolute Gasteiger partial charge is 0.294 e. The molecular formula is C17H19FN4O3. The summed E-state index contributed by atoms with van der Waals surface area (Å²) in [5.74, 6) is -1.68. The van der Waals surface area contributed by atoms with E-state index in [0.29, 0.717) is 5.69 Å². The standard InChI is InChI=1S/C17H19FN4O3/c1-10(2)8-15(24)19-20-17(25)16-14(23)9-11(3)22(21-16)13-7-5-4-6-12(13)18/h4-7,9-10H,8H2,1-3H3,(H,19,24)(H,20,25). The van der Waals surface area contributed by atoms with Gasteiger partial charge in [-0.15, -0.1) is 0 Å². The highest BCUT2D eigenvalue weighted by atomic mass is 19.1. The van der Waals surface area contributed by atoms with Crippen molar-refractivity contribution < 1.29 is 14.0 Å². The zero-order valence-corrected chi connectivity index (χ0v) is 14.2. The van der Waals surface area contributed by atoms with Crippen LogP contribution in [0.4, 0.5) is 4.39 Å². The van der Waals surface area contributed by atoms with Gasteiger partial charge in [-0.05, 0) is 25.0 Å². The third-order valence-corrected chi connectivity index (χ3v) is 3.31. The molecule has 2 amide bonds. The van der Waals surface area contributed by atoms with Gasteiger partial charge in [-0.1, -0.05) is 26.0 Å². The summed E-state index contributed by atoms with van der Waals surface area (Å²) in [6, 6.07) is 7.05. The molecule has 132 valence electrons. The molecule has 1 aromatic carbocycles. The predicted octanol–water partition coefficient (Wildman–Crippen LogP) is 1.49. The van der Waals surface area contributed by atoms with Crippen LogP contribution in [0, 0.1) is 18.7 Å². The third kappa shape index (κ3) is 4.50. The number of benzene rings is 1. The summed E-state index contributed by atoms with van der Waals surface area (Å²) in [4.78, 5) is 35.8. The van der Waals surface area contributed by atoms with Gasteiger partial charge >= 0.3 is 0 Å². The monoisotopic (exact) mass is 346 g/mol. The number of nitrogens with one attached hydrogen (secondary N) is 2. The molecular weight excluding hydrogens is 327 g/mol. The van der Waals surface area contributed by atoms with Gasteiger partial charge in [0.05, 0.1) is 0 Å². The van der Waals surface area contributed by atoms with Gasteiger partial charge in [-0.3, -0.25) is 25.2 Å². The maximum absolute atomic E-state index is 14.0. The average Bonchev–Trinajstić information content (AvgIpc) is 2.53. The van der Waals surface area contributed by atoms with E-state index in [0.717, 1.165) is 0 Å². The number of carbonyl (C=O) groups excluding carboxylic acids is 2. The second-order valence-corrected chi connectivity index (χ2v) is 5.96. The normalized spacial score (nSPS) is 10.6. The van der Waals surface area contributed by atoms with Gasteiger partial charge in [0.2, 0.25) is 11.3 Å². The molecule has 0 aliphatic heterocycles. The van der Waals surface area contributed by atoms with Crippen LogP contribution < -0.4 is 16.3 Å². The SMILES string of the molecule is Cc1cc(=O)c(C(=O)NNC(=O)CC(C)C)nn1-c1ccccc1F. The molecule has 0 fully saturated rings. The van der Waals surface area contributed by atoms with Crippen molar-refractivity contribution in [1.82, 2.24) is 20.6 Å². The maximum Gasteiger partial charge on any atom is 0.294 e. The number of rotatable bonds is 4. The van der Waals surface area contributed by atoms with E-state index in [1.165, 1.54) is 28.9 Å². The molecule has 0 spiro atoms. The summed E-state index contributed by atoms with van der Waals surface area (Å²) in [6.07, 6.45) is 0.223. The molecule has 7 nitrogen and oxygen atoms in total. The predicted molar refractivity (Wildman–Crippen MR) is 89.6 cm³/mol. The Balaban J connectivity index is 2.28. The fraction of sp³-hybridized carbons (Fsp3) is 0.294. The molecule has 25 heavy (non-hydrogen) atoms. The van der Waals surface area contributed by atoms with E-state index in [1.807, 2.05) is 13.8 Å². The van der Waals surface area contributed by atoms with Crippen LogP contribution in [0.5, 0.6) is 0 Å². The van der Waals surface area contributed by atoms with Gasteiger partial charge in [0, 0.05) is 18.2 Å². The highest BCUT2D eigenvalue weighted by Gasteiger charge is 2.17. The number of aromatic nitrogens is 2. The average molecular weight is 346 g/mol. The summed E-state index contributed by atoms with van der Waals surface area (Å²) < 4.78 is 15.1. The molecule has 0 bridgehead atoms. The van der Waals surface area contributed by atoms with Crippen molar-refractivity contribution in [2.24, 2.45) is 5.92 Å². The van der Waals surface area contributed by atoms with E-state index in [1.54, 1.807) is 13.0 Å². The lowest BCUT2D eigenvalue weighted by Crippen LogP contribution is -2.44. The summed E-state index contributed by atoms with van der Waals surface area (Å²) in [5.41, 5.74) is 3.78. The minimum Gasteiger partial charge on any atom is -0.287 e. The smallest absolute Gasteiger partial charge is 0.287 e. The Hall–Kier alpha value is -3.03. The number of carbonyl (C=O) groups is 2. The Morgan fingerprint density at radius 2 is 1.92 bits per heavy atom. The van der Waals surface area contributed by atoms with Crippen molar-refractivity contribution >= 4 is 11.8 Å². The van der Waals surface area contributed by atoms with Crippen LogP contribution in [0.2, 0.25) is 0 Å². The number of hydrogen-bond acceptors (Lipinski definition) is 4. The van der Waals surface area contributed by atoms with Gasteiger partial charge in [-0.25, -0.2) is 9.07 Å². The quantitative estimate of drug-likeness (QED) is 0.820. The third-order valence-electron chi connectivity index (χ3n) is 3.31. The fourth-order valence-corrected chi connectivity index (χ4v) is 2.18. The van der Waals surface area contributed by atoms with E-state index in [2.05, 4.69) is 16.0 Å². The first-order chi connectivity index (χ1) is 11.8. The van der Waals surface area contributed by atoms with E-state index >= 15 is 0 Å². The number of hydrazine groups is 1. The Labute approximate surface area is 143 Å². The molecule has 1 heterocycles. The molecule has 0 aliphatic carbocycles. The van der Waals surface area contributed by atoms with Crippen molar-refractivity contribution in [3.63, 3.8) is 0 Å². The van der Waals surface area contributed by atoms with Gasteiger partial charge < -0.3 is 0 Å². The topological polar surface area (TPSA) is 93.1 Å². The minimum absolute atomic E-state index is 0.109. The fourth-order valence-electron chi connectivity index (χ4n) is 2.18. The van der Waals surface area contributed by atoms with Crippen LogP contribution in [0.15, 0.2) is 35.1 Å². The lowest BCUT2D eigenvalue weighted by atomic mass is 10.1. The Morgan fingerprint density at radius 3 is 2.56 bits per heavy atom. The number of amides is 2. The van der Waals surface area contributed by atoms with Crippen molar-refractivity contribution in [3.8, 4) is 5.69 Å². The molecule has 8 heteroatoms. The van der Waals surface area contributed by atoms with Crippen LogP contribution in [0.3, 0.4) is 0 Å². The second-order valence-electron chi connectivity index (χ2n) is 5.96. The molecule has 0 saturated carbocycles. The van der Waals surface area contributed by atoms with Crippen LogP contribution in [0.1, 0.15) is 36.5 Å². The van der Waals surface area contributed by atoms with Gasteiger partial charge in [0.1, 0.15) is 11.5 Å². The van der Waals surface area contributed by atoms with Gasteiger partial charge in [0.15, 0.2) is 5.69 Å². The Kier molecular flexibility index (Phi) is 5.63. The van der Waals surface area contributed by atoms with E-state index in [4.69, 9.17) is 0 Å². The summed E-state index contributed by atoms with van der Waals surface area (Å²) in [6.45, 7) is 5.29. The van der Waals surface area contributed by atoms with Gasteiger partial charge in [-0.2, -0.15) is 5.10 Å².